The SMILES string of the molecule is CN=C(NCCS(=O)(=O)Nc1ccc(C)c(F)c1)N1CC(C)CC(C)C1. The monoisotopic (exact) mass is 384 g/mol. The lowest BCUT2D eigenvalue weighted by Crippen LogP contribution is -2.49. The third-order valence-electron chi connectivity index (χ3n) is 4.48. The van der Waals surface area contributed by atoms with Gasteiger partial charge in [-0.1, -0.05) is 19.9 Å². The molecule has 1 fully saturated rings. The molecule has 2 rings (SSSR count). The minimum absolute atomic E-state index is 0.125. The fourth-order valence-electron chi connectivity index (χ4n) is 3.35. The Kier molecular flexibility index (Phi) is 6.86. The lowest BCUT2D eigenvalue weighted by Gasteiger charge is -2.37. The molecule has 1 aromatic carbocycles. The summed E-state index contributed by atoms with van der Waals surface area (Å²) >= 11 is 0. The van der Waals surface area contributed by atoms with E-state index in [0.29, 0.717) is 17.4 Å². The molecule has 1 aliphatic rings. The standard InChI is InChI=1S/C18H29FN4O2S/c1-13-9-14(2)12-23(11-13)18(20-4)21-7-8-26(24,25)22-16-6-5-15(3)17(19)10-16/h5-6,10,13-14,22H,7-9,11-12H2,1-4H3,(H,20,21). The van der Waals surface area contributed by atoms with Crippen LogP contribution in [0.2, 0.25) is 0 Å². The Bertz CT molecular complexity index is 742. The second-order valence-electron chi connectivity index (χ2n) is 7.21. The minimum atomic E-state index is -3.57. The number of piperidine rings is 1. The van der Waals surface area contributed by atoms with Crippen molar-refractivity contribution < 1.29 is 12.8 Å². The Labute approximate surface area is 155 Å². The Morgan fingerprint density at radius 1 is 1.31 bits per heavy atom. The van der Waals surface area contributed by atoms with Crippen molar-refractivity contribution in [3.8, 4) is 0 Å². The Balaban J connectivity index is 1.89. The van der Waals surface area contributed by atoms with Crippen molar-refractivity contribution in [3.05, 3.63) is 29.6 Å². The maximum atomic E-state index is 13.6. The predicted octanol–water partition coefficient (Wildman–Crippen LogP) is 2.43. The molecule has 26 heavy (non-hydrogen) atoms. The Morgan fingerprint density at radius 3 is 2.54 bits per heavy atom. The highest BCUT2D eigenvalue weighted by Gasteiger charge is 2.24. The van der Waals surface area contributed by atoms with Gasteiger partial charge in [-0.25, -0.2) is 12.8 Å². The number of hydrogen-bond acceptors (Lipinski definition) is 3. The first kappa shape index (κ1) is 20.5. The molecule has 2 unspecified atom stereocenters. The number of sulfonamides is 1. The van der Waals surface area contributed by atoms with E-state index in [0.717, 1.165) is 19.0 Å². The van der Waals surface area contributed by atoms with Crippen LogP contribution in [0.4, 0.5) is 10.1 Å². The second kappa shape index (κ2) is 8.70. The first-order chi connectivity index (χ1) is 12.2. The van der Waals surface area contributed by atoms with Gasteiger partial charge in [0, 0.05) is 26.7 Å². The molecule has 1 heterocycles. The van der Waals surface area contributed by atoms with Crippen LogP contribution in [-0.4, -0.2) is 51.7 Å². The number of hydrogen-bond donors (Lipinski definition) is 2. The molecule has 0 radical (unpaired) electrons. The smallest absolute Gasteiger partial charge is 0.234 e. The number of rotatable bonds is 5. The molecule has 6 nitrogen and oxygen atoms in total. The largest absolute Gasteiger partial charge is 0.355 e. The number of likely N-dealkylation sites (tertiary alicyclic amines) is 1. The number of guanidine groups is 1. The molecule has 1 aromatic rings. The normalized spacial score (nSPS) is 21.6. The van der Waals surface area contributed by atoms with Crippen molar-refractivity contribution in [1.82, 2.24) is 10.2 Å². The van der Waals surface area contributed by atoms with Gasteiger partial charge < -0.3 is 10.2 Å². The molecule has 0 aromatic heterocycles. The van der Waals surface area contributed by atoms with E-state index in [4.69, 9.17) is 0 Å². The van der Waals surface area contributed by atoms with Crippen molar-refractivity contribution in [2.24, 2.45) is 16.8 Å². The van der Waals surface area contributed by atoms with Gasteiger partial charge in [-0.15, -0.1) is 0 Å². The zero-order valence-electron chi connectivity index (χ0n) is 15.9. The zero-order valence-corrected chi connectivity index (χ0v) is 16.7. The van der Waals surface area contributed by atoms with Gasteiger partial charge in [0.2, 0.25) is 10.0 Å². The third-order valence-corrected chi connectivity index (χ3v) is 5.77. The first-order valence-electron chi connectivity index (χ1n) is 8.92. The fraction of sp³-hybridized carbons (Fsp3) is 0.611. The number of nitrogens with one attached hydrogen (secondary N) is 2. The third kappa shape index (κ3) is 5.86. The maximum absolute atomic E-state index is 13.6. The van der Waals surface area contributed by atoms with Crippen LogP contribution in [0.1, 0.15) is 25.8 Å². The number of aliphatic imine (C=N–C) groups is 1. The molecule has 2 atom stereocenters. The minimum Gasteiger partial charge on any atom is -0.355 e. The molecule has 146 valence electrons. The van der Waals surface area contributed by atoms with Crippen molar-refractivity contribution in [3.63, 3.8) is 0 Å². The van der Waals surface area contributed by atoms with Crippen LogP contribution in [-0.2, 0) is 10.0 Å². The van der Waals surface area contributed by atoms with Crippen LogP contribution < -0.4 is 10.0 Å². The summed E-state index contributed by atoms with van der Waals surface area (Å²) in [6, 6.07) is 4.29. The van der Waals surface area contributed by atoms with E-state index in [1.807, 2.05) is 0 Å². The molecule has 0 amide bonds. The number of anilines is 1. The summed E-state index contributed by atoms with van der Waals surface area (Å²) in [5.74, 6) is 1.33. The van der Waals surface area contributed by atoms with Gasteiger partial charge in [-0.05, 0) is 42.9 Å². The van der Waals surface area contributed by atoms with Crippen LogP contribution in [0.25, 0.3) is 0 Å². The van der Waals surface area contributed by atoms with Gasteiger partial charge in [0.25, 0.3) is 0 Å². The molecule has 0 saturated carbocycles. The van der Waals surface area contributed by atoms with E-state index in [9.17, 15) is 12.8 Å². The molecule has 0 bridgehead atoms. The van der Waals surface area contributed by atoms with Gasteiger partial charge in [-0.2, -0.15) is 0 Å². The highest BCUT2D eigenvalue weighted by molar-refractivity contribution is 7.92. The summed E-state index contributed by atoms with van der Waals surface area (Å²) in [6.45, 7) is 8.12. The highest BCUT2D eigenvalue weighted by Crippen LogP contribution is 2.20. The van der Waals surface area contributed by atoms with Crippen molar-refractivity contribution in [1.29, 1.82) is 0 Å². The average Bonchev–Trinajstić information content (AvgIpc) is 2.54. The van der Waals surface area contributed by atoms with E-state index in [-0.39, 0.29) is 18.0 Å². The zero-order chi connectivity index (χ0) is 19.3. The average molecular weight is 385 g/mol. The van der Waals surface area contributed by atoms with Crippen LogP contribution in [0.3, 0.4) is 0 Å². The topological polar surface area (TPSA) is 73.8 Å². The number of halogens is 1. The Morgan fingerprint density at radius 2 is 1.96 bits per heavy atom. The van der Waals surface area contributed by atoms with Gasteiger partial charge >= 0.3 is 0 Å². The second-order valence-corrected chi connectivity index (χ2v) is 9.05. The van der Waals surface area contributed by atoms with Crippen molar-refractivity contribution in [2.75, 3.05) is 37.2 Å². The molecule has 0 spiro atoms. The van der Waals surface area contributed by atoms with Gasteiger partial charge in [0.15, 0.2) is 5.96 Å². The molecule has 2 N–H and O–H groups in total. The van der Waals surface area contributed by atoms with Crippen LogP contribution in [0.15, 0.2) is 23.2 Å². The van der Waals surface area contributed by atoms with E-state index in [1.54, 1.807) is 26.1 Å². The van der Waals surface area contributed by atoms with Crippen LogP contribution in [0.5, 0.6) is 0 Å². The van der Waals surface area contributed by atoms with Crippen molar-refractivity contribution in [2.45, 2.75) is 27.2 Å². The molecule has 1 aliphatic heterocycles. The molecule has 1 saturated heterocycles. The Hall–Kier alpha value is -1.83. The summed E-state index contributed by atoms with van der Waals surface area (Å²) < 4.78 is 40.4. The molecular weight excluding hydrogens is 355 g/mol. The first-order valence-corrected chi connectivity index (χ1v) is 10.6. The maximum Gasteiger partial charge on any atom is 0.234 e. The predicted molar refractivity (Wildman–Crippen MR) is 104 cm³/mol. The van der Waals surface area contributed by atoms with Gasteiger partial charge in [0.05, 0.1) is 11.4 Å². The molecular formula is C18H29FN4O2S. The summed E-state index contributed by atoms with van der Waals surface area (Å²) in [5, 5.41) is 3.13. The quantitative estimate of drug-likeness (QED) is 0.604. The lowest BCUT2D eigenvalue weighted by atomic mass is 9.92. The molecule has 8 heteroatoms. The van der Waals surface area contributed by atoms with Crippen LogP contribution in [0, 0.1) is 24.6 Å². The van der Waals surface area contributed by atoms with Gasteiger partial charge in [0.1, 0.15) is 5.82 Å². The molecule has 0 aliphatic carbocycles. The summed E-state index contributed by atoms with van der Waals surface area (Å²) in [7, 11) is -1.87. The van der Waals surface area contributed by atoms with Crippen LogP contribution >= 0.6 is 0 Å². The lowest BCUT2D eigenvalue weighted by molar-refractivity contribution is 0.209. The van der Waals surface area contributed by atoms with E-state index in [2.05, 4.69) is 33.8 Å². The highest BCUT2D eigenvalue weighted by atomic mass is 32.2. The fourth-order valence-corrected chi connectivity index (χ4v) is 4.31. The summed E-state index contributed by atoms with van der Waals surface area (Å²) in [6.07, 6.45) is 1.19. The number of aryl methyl sites for hydroxylation is 1. The van der Waals surface area contributed by atoms with Gasteiger partial charge in [-0.3, -0.25) is 9.71 Å². The van der Waals surface area contributed by atoms with E-state index < -0.39 is 15.8 Å². The number of nitrogens with zero attached hydrogens (tertiary/aromatic N) is 2. The number of benzene rings is 1. The van der Waals surface area contributed by atoms with Crippen molar-refractivity contribution >= 4 is 21.7 Å². The van der Waals surface area contributed by atoms with E-state index in [1.165, 1.54) is 12.5 Å². The summed E-state index contributed by atoms with van der Waals surface area (Å²) in [5.41, 5.74) is 0.708. The summed E-state index contributed by atoms with van der Waals surface area (Å²) in [4.78, 5) is 6.45. The van der Waals surface area contributed by atoms with E-state index >= 15 is 0 Å².